The minimum atomic E-state index is -0.566. The molecule has 7 heteroatoms. The average Bonchev–Trinajstić information content (AvgIpc) is 2.56. The third kappa shape index (κ3) is 4.27. The van der Waals surface area contributed by atoms with Crippen LogP contribution in [-0.4, -0.2) is 35.9 Å². The molecule has 0 aromatic heterocycles. The van der Waals surface area contributed by atoms with Crippen LogP contribution in [0.3, 0.4) is 0 Å². The first-order valence-electron chi connectivity index (χ1n) is 8.06. The van der Waals surface area contributed by atoms with Crippen LogP contribution >= 0.6 is 15.9 Å². The molecule has 1 atom stereocenters. The number of amides is 2. The molecule has 1 aliphatic heterocycles. The van der Waals surface area contributed by atoms with Crippen molar-refractivity contribution in [2.45, 2.75) is 39.7 Å². The Balaban J connectivity index is 1.97. The van der Waals surface area contributed by atoms with Crippen LogP contribution in [0.15, 0.2) is 16.6 Å². The Labute approximate surface area is 150 Å². The van der Waals surface area contributed by atoms with Gasteiger partial charge in [0.05, 0.1) is 0 Å². The van der Waals surface area contributed by atoms with Crippen LogP contribution in [0.25, 0.3) is 0 Å². The van der Waals surface area contributed by atoms with Gasteiger partial charge in [0.15, 0.2) is 6.10 Å². The van der Waals surface area contributed by atoms with Gasteiger partial charge in [0.25, 0.3) is 5.91 Å². The predicted octanol–water partition coefficient (Wildman–Crippen LogP) is 2.06. The average molecular weight is 398 g/mol. The molecular weight excluding hydrogens is 374 g/mol. The van der Waals surface area contributed by atoms with E-state index in [9.17, 15) is 9.59 Å². The summed E-state index contributed by atoms with van der Waals surface area (Å²) in [6.07, 6.45) is 0.679. The molecule has 132 valence electrons. The van der Waals surface area contributed by atoms with E-state index in [1.165, 1.54) is 0 Å². The Morgan fingerprint density at radius 2 is 1.83 bits per heavy atom. The molecule has 2 amide bonds. The lowest BCUT2D eigenvalue weighted by Gasteiger charge is -2.33. The summed E-state index contributed by atoms with van der Waals surface area (Å²) in [5, 5.41) is 0. The topological polar surface area (TPSA) is 84.7 Å². The zero-order valence-electron chi connectivity index (χ0n) is 14.3. The third-order valence-corrected chi connectivity index (χ3v) is 4.85. The summed E-state index contributed by atoms with van der Waals surface area (Å²) in [4.78, 5) is 25.9. The fraction of sp³-hybridized carbons (Fsp3) is 0.529. The van der Waals surface area contributed by atoms with Crippen molar-refractivity contribution >= 4 is 27.7 Å². The van der Waals surface area contributed by atoms with Crippen LogP contribution < -0.4 is 16.0 Å². The molecule has 1 unspecified atom stereocenters. The molecule has 1 fully saturated rings. The molecule has 1 aromatic rings. The van der Waals surface area contributed by atoms with Crippen molar-refractivity contribution in [2.75, 3.05) is 13.1 Å². The SMILES string of the molecule is Cc1cc(Br)cc(C)c1OC(C)C(=O)N1CCC(C(=O)NN)CC1. The largest absolute Gasteiger partial charge is 0.480 e. The first-order chi connectivity index (χ1) is 11.3. The Kier molecular flexibility index (Phi) is 6.23. The number of hydrogen-bond donors (Lipinski definition) is 2. The number of nitrogens with two attached hydrogens (primary N) is 1. The summed E-state index contributed by atoms with van der Waals surface area (Å²) in [6.45, 7) is 6.77. The van der Waals surface area contributed by atoms with E-state index in [1.807, 2.05) is 26.0 Å². The number of piperidine rings is 1. The highest BCUT2D eigenvalue weighted by atomic mass is 79.9. The van der Waals surface area contributed by atoms with Crippen LogP contribution in [0.1, 0.15) is 30.9 Å². The number of aryl methyl sites for hydroxylation is 2. The highest BCUT2D eigenvalue weighted by Gasteiger charge is 2.30. The van der Waals surface area contributed by atoms with E-state index in [0.717, 1.165) is 21.3 Å². The molecule has 0 radical (unpaired) electrons. The van der Waals surface area contributed by atoms with Crippen LogP contribution in [-0.2, 0) is 9.59 Å². The number of nitrogens with zero attached hydrogens (tertiary/aromatic N) is 1. The molecule has 0 saturated carbocycles. The molecule has 6 nitrogen and oxygen atoms in total. The van der Waals surface area contributed by atoms with Crippen molar-refractivity contribution < 1.29 is 14.3 Å². The summed E-state index contributed by atoms with van der Waals surface area (Å²) in [5.41, 5.74) is 4.15. The van der Waals surface area contributed by atoms with Crippen LogP contribution in [0.5, 0.6) is 5.75 Å². The van der Waals surface area contributed by atoms with Gasteiger partial charge in [-0.15, -0.1) is 0 Å². The molecule has 1 aliphatic rings. The normalized spacial score (nSPS) is 16.6. The molecule has 2 rings (SSSR count). The molecule has 1 heterocycles. The van der Waals surface area contributed by atoms with Crippen molar-refractivity contribution in [3.8, 4) is 5.75 Å². The number of rotatable bonds is 4. The van der Waals surface area contributed by atoms with Crippen molar-refractivity contribution in [1.82, 2.24) is 10.3 Å². The molecule has 3 N–H and O–H groups in total. The molecule has 0 aliphatic carbocycles. The number of likely N-dealkylation sites (tertiary alicyclic amines) is 1. The number of carbonyl (C=O) groups excluding carboxylic acids is 2. The number of carbonyl (C=O) groups is 2. The smallest absolute Gasteiger partial charge is 0.263 e. The van der Waals surface area contributed by atoms with Gasteiger partial charge in [0.1, 0.15) is 5.75 Å². The standard InChI is InChI=1S/C17H24BrN3O3/c1-10-8-14(18)9-11(2)15(10)24-12(3)17(23)21-6-4-13(5-7-21)16(22)20-19/h8-9,12-13H,4-7,19H2,1-3H3,(H,20,22). The zero-order valence-corrected chi connectivity index (χ0v) is 15.9. The van der Waals surface area contributed by atoms with E-state index >= 15 is 0 Å². The van der Waals surface area contributed by atoms with E-state index in [1.54, 1.807) is 11.8 Å². The fourth-order valence-corrected chi connectivity index (χ4v) is 3.73. The van der Waals surface area contributed by atoms with Gasteiger partial charge < -0.3 is 9.64 Å². The van der Waals surface area contributed by atoms with Gasteiger partial charge in [-0.25, -0.2) is 5.84 Å². The lowest BCUT2D eigenvalue weighted by atomic mass is 9.96. The number of benzene rings is 1. The first-order valence-corrected chi connectivity index (χ1v) is 8.85. The summed E-state index contributed by atoms with van der Waals surface area (Å²) < 4.78 is 6.92. The molecule has 1 saturated heterocycles. The summed E-state index contributed by atoms with van der Waals surface area (Å²) in [6, 6.07) is 3.94. The Bertz CT molecular complexity index is 605. The molecular formula is C17H24BrN3O3. The van der Waals surface area contributed by atoms with Gasteiger partial charge in [-0.1, -0.05) is 15.9 Å². The van der Waals surface area contributed by atoms with Crippen molar-refractivity contribution in [3.05, 3.63) is 27.7 Å². The first kappa shape index (κ1) is 18.7. The van der Waals surface area contributed by atoms with Crippen LogP contribution in [0, 0.1) is 19.8 Å². The lowest BCUT2D eigenvalue weighted by Crippen LogP contribution is -2.48. The molecule has 1 aromatic carbocycles. The number of ether oxygens (including phenoxy) is 1. The molecule has 0 bridgehead atoms. The number of halogens is 1. The number of hydrogen-bond acceptors (Lipinski definition) is 4. The van der Waals surface area contributed by atoms with Crippen LogP contribution in [0.2, 0.25) is 0 Å². The van der Waals surface area contributed by atoms with Gasteiger partial charge in [-0.2, -0.15) is 0 Å². The highest BCUT2D eigenvalue weighted by Crippen LogP contribution is 2.28. The second-order valence-corrected chi connectivity index (χ2v) is 7.15. The Morgan fingerprint density at radius 3 is 2.33 bits per heavy atom. The van der Waals surface area contributed by atoms with E-state index in [4.69, 9.17) is 10.6 Å². The summed E-state index contributed by atoms with van der Waals surface area (Å²) in [7, 11) is 0. The van der Waals surface area contributed by atoms with E-state index < -0.39 is 6.10 Å². The second-order valence-electron chi connectivity index (χ2n) is 6.24. The van der Waals surface area contributed by atoms with E-state index in [0.29, 0.717) is 25.9 Å². The maximum atomic E-state index is 12.6. The zero-order chi connectivity index (χ0) is 17.9. The summed E-state index contributed by atoms with van der Waals surface area (Å²) in [5.74, 6) is 5.58. The molecule has 24 heavy (non-hydrogen) atoms. The maximum absolute atomic E-state index is 12.6. The predicted molar refractivity (Wildman–Crippen MR) is 95.3 cm³/mol. The monoisotopic (exact) mass is 397 g/mol. The fourth-order valence-electron chi connectivity index (χ4n) is 3.05. The maximum Gasteiger partial charge on any atom is 0.263 e. The van der Waals surface area contributed by atoms with E-state index in [-0.39, 0.29) is 17.7 Å². The minimum absolute atomic E-state index is 0.0525. The molecule has 0 spiro atoms. The lowest BCUT2D eigenvalue weighted by molar-refractivity contribution is -0.141. The van der Waals surface area contributed by atoms with Gasteiger partial charge in [0.2, 0.25) is 5.91 Å². The van der Waals surface area contributed by atoms with Crippen molar-refractivity contribution in [2.24, 2.45) is 11.8 Å². The van der Waals surface area contributed by atoms with Crippen LogP contribution in [0.4, 0.5) is 0 Å². The van der Waals surface area contributed by atoms with Gasteiger partial charge in [0, 0.05) is 23.5 Å². The Hall–Kier alpha value is -1.60. The number of hydrazine groups is 1. The number of nitrogens with one attached hydrogen (secondary N) is 1. The minimum Gasteiger partial charge on any atom is -0.480 e. The highest BCUT2D eigenvalue weighted by molar-refractivity contribution is 9.10. The third-order valence-electron chi connectivity index (χ3n) is 4.39. The summed E-state index contributed by atoms with van der Waals surface area (Å²) >= 11 is 3.46. The van der Waals surface area contributed by atoms with Crippen molar-refractivity contribution in [1.29, 1.82) is 0 Å². The van der Waals surface area contributed by atoms with Gasteiger partial charge >= 0.3 is 0 Å². The van der Waals surface area contributed by atoms with Crippen molar-refractivity contribution in [3.63, 3.8) is 0 Å². The van der Waals surface area contributed by atoms with Gasteiger partial charge in [-0.3, -0.25) is 15.0 Å². The quantitative estimate of drug-likeness (QED) is 0.462. The van der Waals surface area contributed by atoms with Gasteiger partial charge in [-0.05, 0) is 56.9 Å². The van der Waals surface area contributed by atoms with E-state index in [2.05, 4.69) is 21.4 Å². The Morgan fingerprint density at radius 1 is 1.29 bits per heavy atom. The second kappa shape index (κ2) is 7.98.